The van der Waals surface area contributed by atoms with Crippen LogP contribution in [0.5, 0.6) is 11.6 Å². The highest BCUT2D eigenvalue weighted by Gasteiger charge is 2.36. The lowest BCUT2D eigenvalue weighted by Gasteiger charge is -2.17. The van der Waals surface area contributed by atoms with Crippen LogP contribution in [0.2, 0.25) is 0 Å². The van der Waals surface area contributed by atoms with E-state index in [1.54, 1.807) is 42.6 Å². The molecule has 0 radical (unpaired) electrons. The first-order valence-electron chi connectivity index (χ1n) is 9.15. The van der Waals surface area contributed by atoms with Gasteiger partial charge in [-0.05, 0) is 36.4 Å². The van der Waals surface area contributed by atoms with E-state index in [9.17, 15) is 14.0 Å². The first-order chi connectivity index (χ1) is 14.1. The van der Waals surface area contributed by atoms with Crippen molar-refractivity contribution in [1.29, 1.82) is 0 Å². The van der Waals surface area contributed by atoms with Crippen molar-refractivity contribution in [3.05, 3.63) is 78.7 Å². The van der Waals surface area contributed by atoms with Crippen LogP contribution in [-0.2, 0) is 9.59 Å². The number of carbonyl (C=O) groups is 2. The molecular weight excluding hydrogens is 373 g/mol. The van der Waals surface area contributed by atoms with Crippen molar-refractivity contribution in [3.8, 4) is 11.6 Å². The highest BCUT2D eigenvalue weighted by molar-refractivity contribution is 6.03. The maximum atomic E-state index is 14.0. The molecule has 2 aromatic carbocycles. The fourth-order valence-corrected chi connectivity index (χ4v) is 3.19. The number of halogens is 1. The molecule has 1 aromatic heterocycles. The molecule has 1 fully saturated rings. The van der Waals surface area contributed by atoms with E-state index in [-0.39, 0.29) is 36.3 Å². The van der Waals surface area contributed by atoms with Crippen LogP contribution in [0.3, 0.4) is 0 Å². The monoisotopic (exact) mass is 391 g/mol. The van der Waals surface area contributed by atoms with Gasteiger partial charge in [-0.25, -0.2) is 9.37 Å². The lowest BCUT2D eigenvalue weighted by molar-refractivity contribution is -0.122. The first kappa shape index (κ1) is 18.6. The van der Waals surface area contributed by atoms with Gasteiger partial charge in [-0.15, -0.1) is 0 Å². The molecule has 1 atom stereocenters. The normalized spacial score (nSPS) is 16.0. The predicted octanol–water partition coefficient (Wildman–Crippen LogP) is 4.00. The number of amides is 2. The topological polar surface area (TPSA) is 71.5 Å². The van der Waals surface area contributed by atoms with Crippen LogP contribution < -0.4 is 15.0 Å². The standard InChI is InChI=1S/C22H18FN3O3/c23-17-9-4-5-11-19(17)26-14-15(13-20(26)27)21(28)25-18-10-6-12-24-22(18)29-16-7-2-1-3-8-16/h1-12,15H,13-14H2,(H,25,28)/t15-/m0/s1. The van der Waals surface area contributed by atoms with Gasteiger partial charge in [-0.2, -0.15) is 0 Å². The molecule has 0 unspecified atom stereocenters. The molecule has 4 rings (SSSR count). The molecule has 2 heterocycles. The van der Waals surface area contributed by atoms with Crippen molar-refractivity contribution in [2.45, 2.75) is 6.42 Å². The third kappa shape index (κ3) is 4.08. The van der Waals surface area contributed by atoms with Crippen LogP contribution in [0.1, 0.15) is 6.42 Å². The number of anilines is 2. The zero-order valence-electron chi connectivity index (χ0n) is 15.4. The highest BCUT2D eigenvalue weighted by atomic mass is 19.1. The minimum Gasteiger partial charge on any atom is -0.437 e. The Morgan fingerprint density at radius 1 is 1.07 bits per heavy atom. The second kappa shape index (κ2) is 8.10. The molecule has 0 bridgehead atoms. The summed E-state index contributed by atoms with van der Waals surface area (Å²) in [7, 11) is 0. The smallest absolute Gasteiger partial charge is 0.243 e. The summed E-state index contributed by atoms with van der Waals surface area (Å²) in [5, 5.41) is 2.78. The van der Waals surface area contributed by atoms with Gasteiger partial charge < -0.3 is 15.0 Å². The summed E-state index contributed by atoms with van der Waals surface area (Å²) in [6, 6.07) is 18.5. The fraction of sp³-hybridized carbons (Fsp3) is 0.136. The number of nitrogens with zero attached hydrogens (tertiary/aromatic N) is 2. The Bertz CT molecular complexity index is 1040. The van der Waals surface area contributed by atoms with Gasteiger partial charge in [0.25, 0.3) is 0 Å². The molecule has 146 valence electrons. The molecule has 2 amide bonds. The van der Waals surface area contributed by atoms with Gasteiger partial charge in [0.05, 0.1) is 11.6 Å². The molecule has 3 aromatic rings. The zero-order chi connectivity index (χ0) is 20.2. The molecule has 0 saturated carbocycles. The Kier molecular flexibility index (Phi) is 5.20. The summed E-state index contributed by atoms with van der Waals surface area (Å²) >= 11 is 0. The fourth-order valence-electron chi connectivity index (χ4n) is 3.19. The Morgan fingerprint density at radius 2 is 1.83 bits per heavy atom. The SMILES string of the molecule is O=C(Nc1cccnc1Oc1ccccc1)[C@H]1CC(=O)N(c2ccccc2F)C1. The van der Waals surface area contributed by atoms with E-state index < -0.39 is 11.7 Å². The quantitative estimate of drug-likeness (QED) is 0.714. The summed E-state index contributed by atoms with van der Waals surface area (Å²) in [5.41, 5.74) is 0.584. The Balaban J connectivity index is 1.48. The molecule has 1 saturated heterocycles. The minimum absolute atomic E-state index is 0.00923. The average molecular weight is 391 g/mol. The minimum atomic E-state index is -0.605. The summed E-state index contributed by atoms with van der Waals surface area (Å²) in [6.45, 7) is 0.112. The van der Waals surface area contributed by atoms with Crippen LogP contribution in [0, 0.1) is 11.7 Å². The number of benzene rings is 2. The highest BCUT2D eigenvalue weighted by Crippen LogP contribution is 2.30. The third-order valence-electron chi connectivity index (χ3n) is 4.63. The van der Waals surface area contributed by atoms with E-state index in [4.69, 9.17) is 4.74 Å². The molecule has 1 aliphatic rings. The van der Waals surface area contributed by atoms with Crippen molar-refractivity contribution >= 4 is 23.2 Å². The van der Waals surface area contributed by atoms with Crippen LogP contribution >= 0.6 is 0 Å². The second-order valence-corrected chi connectivity index (χ2v) is 6.62. The van der Waals surface area contributed by atoms with E-state index in [1.165, 1.54) is 17.0 Å². The molecule has 6 nitrogen and oxygen atoms in total. The zero-order valence-corrected chi connectivity index (χ0v) is 15.4. The van der Waals surface area contributed by atoms with Gasteiger partial charge in [0, 0.05) is 19.2 Å². The van der Waals surface area contributed by atoms with E-state index >= 15 is 0 Å². The van der Waals surface area contributed by atoms with Crippen LogP contribution in [0.15, 0.2) is 72.9 Å². The number of nitrogens with one attached hydrogen (secondary N) is 1. The van der Waals surface area contributed by atoms with Crippen molar-refractivity contribution in [3.63, 3.8) is 0 Å². The number of para-hydroxylation sites is 2. The Labute approximate surface area is 166 Å². The lowest BCUT2D eigenvalue weighted by atomic mass is 10.1. The molecule has 0 aliphatic carbocycles. The van der Waals surface area contributed by atoms with Crippen molar-refractivity contribution in [1.82, 2.24) is 4.98 Å². The summed E-state index contributed by atoms with van der Waals surface area (Å²) in [5.74, 6) is -0.893. The number of ether oxygens (including phenoxy) is 1. The van der Waals surface area contributed by atoms with Gasteiger partial charge >= 0.3 is 0 Å². The molecule has 29 heavy (non-hydrogen) atoms. The van der Waals surface area contributed by atoms with E-state index in [0.717, 1.165) is 0 Å². The molecule has 7 heteroatoms. The number of carbonyl (C=O) groups excluding carboxylic acids is 2. The van der Waals surface area contributed by atoms with Gasteiger partial charge in [0.2, 0.25) is 17.7 Å². The number of hydrogen-bond donors (Lipinski definition) is 1. The lowest BCUT2D eigenvalue weighted by Crippen LogP contribution is -2.28. The molecular formula is C22H18FN3O3. The number of hydrogen-bond acceptors (Lipinski definition) is 4. The van der Waals surface area contributed by atoms with Crippen LogP contribution in [-0.4, -0.2) is 23.3 Å². The maximum Gasteiger partial charge on any atom is 0.243 e. The van der Waals surface area contributed by atoms with Crippen LogP contribution in [0.25, 0.3) is 0 Å². The largest absolute Gasteiger partial charge is 0.437 e. The molecule has 1 aliphatic heterocycles. The number of pyridine rings is 1. The Hall–Kier alpha value is -3.74. The molecule has 0 spiro atoms. The summed E-state index contributed by atoms with van der Waals surface area (Å²) < 4.78 is 19.8. The van der Waals surface area contributed by atoms with Gasteiger partial charge in [-0.1, -0.05) is 30.3 Å². The maximum absolute atomic E-state index is 14.0. The Morgan fingerprint density at radius 3 is 2.62 bits per heavy atom. The first-order valence-corrected chi connectivity index (χ1v) is 9.15. The number of aromatic nitrogens is 1. The van der Waals surface area contributed by atoms with E-state index in [2.05, 4.69) is 10.3 Å². The second-order valence-electron chi connectivity index (χ2n) is 6.62. The van der Waals surface area contributed by atoms with Gasteiger partial charge in [-0.3, -0.25) is 9.59 Å². The number of rotatable bonds is 5. The predicted molar refractivity (Wildman–Crippen MR) is 106 cm³/mol. The van der Waals surface area contributed by atoms with Crippen molar-refractivity contribution in [2.75, 3.05) is 16.8 Å². The van der Waals surface area contributed by atoms with Gasteiger partial charge in [0.1, 0.15) is 17.3 Å². The van der Waals surface area contributed by atoms with Crippen LogP contribution in [0.4, 0.5) is 15.8 Å². The van der Waals surface area contributed by atoms with Crippen molar-refractivity contribution < 1.29 is 18.7 Å². The third-order valence-corrected chi connectivity index (χ3v) is 4.63. The van der Waals surface area contributed by atoms with Gasteiger partial charge in [0.15, 0.2) is 0 Å². The van der Waals surface area contributed by atoms with Crippen molar-refractivity contribution in [2.24, 2.45) is 5.92 Å². The summed E-state index contributed by atoms with van der Waals surface area (Å²) in [6.07, 6.45) is 1.57. The average Bonchev–Trinajstić information content (AvgIpc) is 3.12. The molecule has 1 N–H and O–H groups in total. The van der Waals surface area contributed by atoms with E-state index in [0.29, 0.717) is 11.4 Å². The van der Waals surface area contributed by atoms with E-state index in [1.807, 2.05) is 18.2 Å². The summed E-state index contributed by atoms with van der Waals surface area (Å²) in [4.78, 5) is 30.6.